The average molecular weight is 263 g/mol. The molecular formula is C14H17NO4. The first-order chi connectivity index (χ1) is 9.13. The van der Waals surface area contributed by atoms with Crippen LogP contribution in [0.4, 0.5) is 0 Å². The third-order valence-corrected chi connectivity index (χ3v) is 3.36. The summed E-state index contributed by atoms with van der Waals surface area (Å²) < 4.78 is 5.13. The summed E-state index contributed by atoms with van der Waals surface area (Å²) in [5, 5.41) is 11.8. The first kappa shape index (κ1) is 13.5. The van der Waals surface area contributed by atoms with E-state index >= 15 is 0 Å². The molecule has 102 valence electrons. The fourth-order valence-corrected chi connectivity index (χ4v) is 2.24. The van der Waals surface area contributed by atoms with Gasteiger partial charge in [0.25, 0.3) is 5.91 Å². The van der Waals surface area contributed by atoms with Gasteiger partial charge in [-0.1, -0.05) is 25.1 Å². The summed E-state index contributed by atoms with van der Waals surface area (Å²) in [6.07, 6.45) is 0.757. The third kappa shape index (κ3) is 2.93. The van der Waals surface area contributed by atoms with Crippen molar-refractivity contribution in [2.45, 2.75) is 19.4 Å². The predicted molar refractivity (Wildman–Crippen MR) is 69.0 cm³/mol. The van der Waals surface area contributed by atoms with Gasteiger partial charge in [0, 0.05) is 5.56 Å². The van der Waals surface area contributed by atoms with Crippen molar-refractivity contribution in [2.24, 2.45) is 5.92 Å². The number of hydrogen-bond acceptors (Lipinski definition) is 3. The number of aryl methyl sites for hydroxylation is 1. The van der Waals surface area contributed by atoms with E-state index in [2.05, 4.69) is 5.32 Å². The summed E-state index contributed by atoms with van der Waals surface area (Å²) in [4.78, 5) is 23.2. The second-order valence-corrected chi connectivity index (χ2v) is 4.57. The summed E-state index contributed by atoms with van der Waals surface area (Å²) in [5.74, 6) is -1.84. The summed E-state index contributed by atoms with van der Waals surface area (Å²) >= 11 is 0. The van der Waals surface area contributed by atoms with Crippen LogP contribution in [0.1, 0.15) is 22.8 Å². The molecule has 5 nitrogen and oxygen atoms in total. The molecule has 1 aromatic rings. The molecular weight excluding hydrogens is 246 g/mol. The van der Waals surface area contributed by atoms with Gasteiger partial charge in [-0.3, -0.25) is 9.59 Å². The topological polar surface area (TPSA) is 75.6 Å². The number of nitrogens with one attached hydrogen (secondary N) is 1. The number of ether oxygens (including phenoxy) is 1. The van der Waals surface area contributed by atoms with Gasteiger partial charge < -0.3 is 15.2 Å². The van der Waals surface area contributed by atoms with Crippen LogP contribution in [-0.2, 0) is 16.0 Å². The molecule has 1 amide bonds. The summed E-state index contributed by atoms with van der Waals surface area (Å²) in [7, 11) is 0. The van der Waals surface area contributed by atoms with E-state index in [9.17, 15) is 9.59 Å². The number of amides is 1. The maximum Gasteiger partial charge on any atom is 0.311 e. The number of hydrogen-bond donors (Lipinski definition) is 2. The Labute approximate surface area is 111 Å². The minimum Gasteiger partial charge on any atom is -0.481 e. The highest BCUT2D eigenvalue weighted by atomic mass is 16.5. The van der Waals surface area contributed by atoms with Crippen LogP contribution in [0, 0.1) is 5.92 Å². The molecule has 0 bridgehead atoms. The van der Waals surface area contributed by atoms with Crippen LogP contribution in [0.3, 0.4) is 0 Å². The Balaban J connectivity index is 2.10. The van der Waals surface area contributed by atoms with E-state index in [0.29, 0.717) is 5.56 Å². The second kappa shape index (κ2) is 5.84. The molecule has 1 saturated heterocycles. The summed E-state index contributed by atoms with van der Waals surface area (Å²) in [5.41, 5.74) is 1.55. The minimum absolute atomic E-state index is 0.149. The van der Waals surface area contributed by atoms with Crippen LogP contribution in [0.2, 0.25) is 0 Å². The van der Waals surface area contributed by atoms with Crippen molar-refractivity contribution < 1.29 is 19.4 Å². The number of carbonyl (C=O) groups is 2. The first-order valence-corrected chi connectivity index (χ1v) is 6.32. The van der Waals surface area contributed by atoms with Crippen LogP contribution in [0.5, 0.6) is 0 Å². The van der Waals surface area contributed by atoms with E-state index in [-0.39, 0.29) is 19.1 Å². The molecule has 0 aromatic heterocycles. The molecule has 1 heterocycles. The third-order valence-electron chi connectivity index (χ3n) is 3.36. The lowest BCUT2D eigenvalue weighted by molar-refractivity contribution is -0.142. The molecule has 1 aliphatic rings. The maximum atomic E-state index is 12.2. The van der Waals surface area contributed by atoms with Crippen molar-refractivity contribution in [3.63, 3.8) is 0 Å². The second-order valence-electron chi connectivity index (χ2n) is 4.57. The number of benzene rings is 1. The summed E-state index contributed by atoms with van der Waals surface area (Å²) in [6, 6.07) is 6.87. The quantitative estimate of drug-likeness (QED) is 0.852. The molecule has 1 aromatic carbocycles. The number of carboxylic acid groups (broad SMARTS) is 1. The average Bonchev–Trinajstić information content (AvgIpc) is 2.87. The fraction of sp³-hybridized carbons (Fsp3) is 0.429. The zero-order valence-electron chi connectivity index (χ0n) is 10.8. The largest absolute Gasteiger partial charge is 0.481 e. The maximum absolute atomic E-state index is 12.2. The van der Waals surface area contributed by atoms with E-state index in [4.69, 9.17) is 9.84 Å². The van der Waals surface area contributed by atoms with Crippen molar-refractivity contribution in [1.82, 2.24) is 5.32 Å². The minimum atomic E-state index is -0.938. The van der Waals surface area contributed by atoms with Gasteiger partial charge in [-0.15, -0.1) is 0 Å². The van der Waals surface area contributed by atoms with E-state index < -0.39 is 17.9 Å². The van der Waals surface area contributed by atoms with Crippen molar-refractivity contribution in [3.8, 4) is 0 Å². The van der Waals surface area contributed by atoms with E-state index in [1.807, 2.05) is 19.1 Å². The normalized spacial score (nSPS) is 22.2. The Kier molecular flexibility index (Phi) is 4.16. The van der Waals surface area contributed by atoms with Gasteiger partial charge in [-0.2, -0.15) is 0 Å². The van der Waals surface area contributed by atoms with Gasteiger partial charge >= 0.3 is 5.97 Å². The van der Waals surface area contributed by atoms with Gasteiger partial charge in [0.15, 0.2) is 0 Å². The van der Waals surface area contributed by atoms with Gasteiger partial charge in [0.2, 0.25) is 0 Å². The highest BCUT2D eigenvalue weighted by molar-refractivity contribution is 5.96. The van der Waals surface area contributed by atoms with Crippen LogP contribution in [-0.4, -0.2) is 36.2 Å². The molecule has 0 radical (unpaired) electrons. The standard InChI is InChI=1S/C14H17NO4/c1-2-9-5-3-4-6-10(9)13(16)15-12-8-19-7-11(12)14(17)18/h3-6,11-12H,2,7-8H2,1H3,(H,15,16)(H,17,18). The SMILES string of the molecule is CCc1ccccc1C(=O)NC1COCC1C(=O)O. The molecule has 1 aliphatic heterocycles. The zero-order chi connectivity index (χ0) is 13.8. The highest BCUT2D eigenvalue weighted by Gasteiger charge is 2.35. The molecule has 2 unspecified atom stereocenters. The monoisotopic (exact) mass is 263 g/mol. The van der Waals surface area contributed by atoms with Gasteiger partial charge in [0.1, 0.15) is 5.92 Å². The Morgan fingerprint density at radius 3 is 2.79 bits per heavy atom. The number of aliphatic carboxylic acids is 1. The van der Waals surface area contributed by atoms with E-state index in [0.717, 1.165) is 12.0 Å². The van der Waals surface area contributed by atoms with E-state index in [1.54, 1.807) is 12.1 Å². The molecule has 1 fully saturated rings. The first-order valence-electron chi connectivity index (χ1n) is 6.32. The fourth-order valence-electron chi connectivity index (χ4n) is 2.24. The zero-order valence-corrected chi connectivity index (χ0v) is 10.8. The molecule has 0 aliphatic carbocycles. The Morgan fingerprint density at radius 2 is 2.11 bits per heavy atom. The molecule has 2 N–H and O–H groups in total. The van der Waals surface area contributed by atoms with Gasteiger partial charge in [0.05, 0.1) is 19.3 Å². The van der Waals surface area contributed by atoms with Crippen LogP contribution < -0.4 is 5.32 Å². The highest BCUT2D eigenvalue weighted by Crippen LogP contribution is 2.16. The predicted octanol–water partition coefficient (Wildman–Crippen LogP) is 1.08. The lowest BCUT2D eigenvalue weighted by Gasteiger charge is -2.16. The van der Waals surface area contributed by atoms with Crippen molar-refractivity contribution in [1.29, 1.82) is 0 Å². The van der Waals surface area contributed by atoms with Crippen LogP contribution in [0.25, 0.3) is 0 Å². The molecule has 5 heteroatoms. The number of carboxylic acids is 1. The molecule has 0 saturated carbocycles. The van der Waals surface area contributed by atoms with Crippen molar-refractivity contribution >= 4 is 11.9 Å². The van der Waals surface area contributed by atoms with Gasteiger partial charge in [-0.05, 0) is 18.1 Å². The van der Waals surface area contributed by atoms with Crippen LogP contribution in [0.15, 0.2) is 24.3 Å². The van der Waals surface area contributed by atoms with Gasteiger partial charge in [-0.25, -0.2) is 0 Å². The molecule has 2 atom stereocenters. The lowest BCUT2D eigenvalue weighted by Crippen LogP contribution is -2.42. The molecule has 19 heavy (non-hydrogen) atoms. The number of carbonyl (C=O) groups excluding carboxylic acids is 1. The lowest BCUT2D eigenvalue weighted by atomic mass is 10.0. The Morgan fingerprint density at radius 1 is 1.37 bits per heavy atom. The molecule has 0 spiro atoms. The molecule has 2 rings (SSSR count). The Hall–Kier alpha value is -1.88. The smallest absolute Gasteiger partial charge is 0.311 e. The number of rotatable bonds is 4. The van der Waals surface area contributed by atoms with E-state index in [1.165, 1.54) is 0 Å². The van der Waals surface area contributed by atoms with Crippen molar-refractivity contribution in [2.75, 3.05) is 13.2 Å². The Bertz CT molecular complexity index is 486. The van der Waals surface area contributed by atoms with Crippen molar-refractivity contribution in [3.05, 3.63) is 35.4 Å². The van der Waals surface area contributed by atoms with Crippen LogP contribution >= 0.6 is 0 Å². The summed E-state index contributed by atoms with van der Waals surface area (Å²) in [6.45, 7) is 2.37.